The van der Waals surface area contributed by atoms with Crippen molar-refractivity contribution in [2.24, 2.45) is 5.92 Å². The standard InChI is InChI=1S/C15H19NO2/c1-3-6-13(4-2)14(11-17)15(18)9-12-7-5-8-16-10-12/h3-8,10,14-15,17-18H,1-2,9,11H2/b13-6+. The first kappa shape index (κ1) is 14.4. The second kappa shape index (κ2) is 7.58. The van der Waals surface area contributed by atoms with Gasteiger partial charge in [0.15, 0.2) is 0 Å². The molecule has 2 atom stereocenters. The largest absolute Gasteiger partial charge is 0.396 e. The predicted molar refractivity (Wildman–Crippen MR) is 73.0 cm³/mol. The second-order valence-electron chi connectivity index (χ2n) is 4.03. The van der Waals surface area contributed by atoms with Crippen molar-refractivity contribution in [2.75, 3.05) is 6.61 Å². The van der Waals surface area contributed by atoms with E-state index >= 15 is 0 Å². The number of hydrogen-bond acceptors (Lipinski definition) is 3. The molecule has 1 aromatic rings. The summed E-state index contributed by atoms with van der Waals surface area (Å²) < 4.78 is 0. The summed E-state index contributed by atoms with van der Waals surface area (Å²) in [7, 11) is 0. The fraction of sp³-hybridized carbons (Fsp3) is 0.267. The summed E-state index contributed by atoms with van der Waals surface area (Å²) in [4.78, 5) is 4.00. The van der Waals surface area contributed by atoms with Crippen LogP contribution in [0.5, 0.6) is 0 Å². The predicted octanol–water partition coefficient (Wildman–Crippen LogP) is 1.89. The fourth-order valence-electron chi connectivity index (χ4n) is 1.83. The topological polar surface area (TPSA) is 53.4 Å². The summed E-state index contributed by atoms with van der Waals surface area (Å²) in [5, 5.41) is 19.6. The van der Waals surface area contributed by atoms with E-state index in [1.54, 1.807) is 30.6 Å². The number of hydrogen-bond donors (Lipinski definition) is 2. The third kappa shape index (κ3) is 3.95. The van der Waals surface area contributed by atoms with Gasteiger partial charge in [0.25, 0.3) is 0 Å². The Morgan fingerprint density at radius 3 is 2.72 bits per heavy atom. The molecule has 1 aromatic heterocycles. The Balaban J connectivity index is 2.79. The molecule has 0 radical (unpaired) electrons. The molecule has 96 valence electrons. The van der Waals surface area contributed by atoms with Crippen molar-refractivity contribution >= 4 is 0 Å². The van der Waals surface area contributed by atoms with Gasteiger partial charge in [0, 0.05) is 24.7 Å². The zero-order chi connectivity index (χ0) is 13.4. The van der Waals surface area contributed by atoms with Gasteiger partial charge in [0.1, 0.15) is 0 Å². The maximum Gasteiger partial charge on any atom is 0.0671 e. The minimum atomic E-state index is -0.677. The lowest BCUT2D eigenvalue weighted by Crippen LogP contribution is -2.27. The van der Waals surface area contributed by atoms with E-state index in [0.29, 0.717) is 6.42 Å². The first-order valence-electron chi connectivity index (χ1n) is 5.85. The Labute approximate surface area is 108 Å². The van der Waals surface area contributed by atoms with Gasteiger partial charge in [-0.25, -0.2) is 0 Å². The van der Waals surface area contributed by atoms with Crippen LogP contribution in [0.1, 0.15) is 5.56 Å². The lowest BCUT2D eigenvalue weighted by Gasteiger charge is -2.22. The molecule has 0 aliphatic rings. The van der Waals surface area contributed by atoms with Crippen LogP contribution < -0.4 is 0 Å². The number of nitrogens with zero attached hydrogens (tertiary/aromatic N) is 1. The van der Waals surface area contributed by atoms with E-state index in [2.05, 4.69) is 18.1 Å². The van der Waals surface area contributed by atoms with Gasteiger partial charge in [0.05, 0.1) is 12.7 Å². The summed E-state index contributed by atoms with van der Waals surface area (Å²) in [6.45, 7) is 7.17. The third-order valence-corrected chi connectivity index (χ3v) is 2.80. The number of aromatic nitrogens is 1. The van der Waals surface area contributed by atoms with E-state index < -0.39 is 6.10 Å². The first-order valence-corrected chi connectivity index (χ1v) is 5.85. The maximum atomic E-state index is 10.2. The van der Waals surface area contributed by atoms with E-state index in [1.165, 1.54) is 0 Å². The Kier molecular flexibility index (Phi) is 6.05. The molecule has 3 heteroatoms. The molecule has 0 spiro atoms. The summed E-state index contributed by atoms with van der Waals surface area (Å²) in [5.41, 5.74) is 1.72. The van der Waals surface area contributed by atoms with E-state index in [-0.39, 0.29) is 12.5 Å². The molecule has 18 heavy (non-hydrogen) atoms. The Hall–Kier alpha value is -1.71. The number of pyridine rings is 1. The van der Waals surface area contributed by atoms with Gasteiger partial charge in [-0.2, -0.15) is 0 Å². The highest BCUT2D eigenvalue weighted by Crippen LogP contribution is 2.19. The smallest absolute Gasteiger partial charge is 0.0671 e. The Morgan fingerprint density at radius 1 is 1.44 bits per heavy atom. The van der Waals surface area contributed by atoms with Crippen molar-refractivity contribution in [2.45, 2.75) is 12.5 Å². The zero-order valence-electron chi connectivity index (χ0n) is 10.4. The van der Waals surface area contributed by atoms with Crippen molar-refractivity contribution < 1.29 is 10.2 Å². The van der Waals surface area contributed by atoms with Crippen LogP contribution >= 0.6 is 0 Å². The van der Waals surface area contributed by atoms with E-state index in [9.17, 15) is 10.2 Å². The molecular weight excluding hydrogens is 226 g/mol. The zero-order valence-corrected chi connectivity index (χ0v) is 10.4. The molecule has 0 amide bonds. The lowest BCUT2D eigenvalue weighted by atomic mass is 9.90. The number of rotatable bonds is 7. The van der Waals surface area contributed by atoms with E-state index in [4.69, 9.17) is 0 Å². The molecule has 0 fully saturated rings. The van der Waals surface area contributed by atoms with Gasteiger partial charge in [-0.15, -0.1) is 0 Å². The van der Waals surface area contributed by atoms with Crippen LogP contribution in [0.25, 0.3) is 0 Å². The Morgan fingerprint density at radius 2 is 2.22 bits per heavy atom. The first-order chi connectivity index (χ1) is 8.72. The quantitative estimate of drug-likeness (QED) is 0.721. The number of aliphatic hydroxyl groups excluding tert-OH is 2. The van der Waals surface area contributed by atoms with E-state index in [1.807, 2.05) is 12.1 Å². The molecule has 0 aliphatic carbocycles. The molecule has 1 rings (SSSR count). The molecule has 0 aliphatic heterocycles. The number of aliphatic hydroxyl groups is 2. The molecule has 0 saturated carbocycles. The van der Waals surface area contributed by atoms with Crippen molar-refractivity contribution in [3.8, 4) is 0 Å². The van der Waals surface area contributed by atoms with Crippen LogP contribution in [0.2, 0.25) is 0 Å². The minimum Gasteiger partial charge on any atom is -0.396 e. The second-order valence-corrected chi connectivity index (χ2v) is 4.03. The molecule has 0 saturated heterocycles. The van der Waals surface area contributed by atoms with Crippen molar-refractivity contribution in [3.05, 3.63) is 67.0 Å². The van der Waals surface area contributed by atoms with Gasteiger partial charge in [-0.05, 0) is 17.2 Å². The highest BCUT2D eigenvalue weighted by molar-refractivity contribution is 5.26. The van der Waals surface area contributed by atoms with Crippen LogP contribution in [0, 0.1) is 5.92 Å². The maximum absolute atomic E-state index is 10.2. The van der Waals surface area contributed by atoms with Crippen LogP contribution in [0.3, 0.4) is 0 Å². The van der Waals surface area contributed by atoms with Gasteiger partial charge in [-0.3, -0.25) is 4.98 Å². The highest BCUT2D eigenvalue weighted by Gasteiger charge is 2.21. The SMILES string of the molecule is C=C/C=C(\C=C)C(CO)C(O)Cc1cccnc1. The summed E-state index contributed by atoms with van der Waals surface area (Å²) in [6.07, 6.45) is 8.17. The third-order valence-electron chi connectivity index (χ3n) is 2.80. The summed E-state index contributed by atoms with van der Waals surface area (Å²) in [5.74, 6) is -0.360. The van der Waals surface area contributed by atoms with Crippen LogP contribution in [-0.4, -0.2) is 27.9 Å². The molecule has 2 N–H and O–H groups in total. The molecule has 0 bridgehead atoms. The summed E-state index contributed by atoms with van der Waals surface area (Å²) >= 11 is 0. The molecular formula is C15H19NO2. The fourth-order valence-corrected chi connectivity index (χ4v) is 1.83. The number of allylic oxidation sites excluding steroid dienone is 3. The molecule has 2 unspecified atom stereocenters. The monoisotopic (exact) mass is 245 g/mol. The van der Waals surface area contributed by atoms with Crippen LogP contribution in [0.15, 0.2) is 61.5 Å². The average molecular weight is 245 g/mol. The van der Waals surface area contributed by atoms with Crippen LogP contribution in [0.4, 0.5) is 0 Å². The Bertz CT molecular complexity index is 412. The van der Waals surface area contributed by atoms with Crippen molar-refractivity contribution in [3.63, 3.8) is 0 Å². The van der Waals surface area contributed by atoms with E-state index in [0.717, 1.165) is 11.1 Å². The van der Waals surface area contributed by atoms with Gasteiger partial charge >= 0.3 is 0 Å². The molecule has 1 heterocycles. The normalized spacial score (nSPS) is 14.9. The van der Waals surface area contributed by atoms with Crippen molar-refractivity contribution in [1.29, 1.82) is 0 Å². The summed E-state index contributed by atoms with van der Waals surface area (Å²) in [6, 6.07) is 3.72. The highest BCUT2D eigenvalue weighted by atomic mass is 16.3. The van der Waals surface area contributed by atoms with Crippen molar-refractivity contribution in [1.82, 2.24) is 4.98 Å². The van der Waals surface area contributed by atoms with Gasteiger partial charge < -0.3 is 10.2 Å². The molecule has 3 nitrogen and oxygen atoms in total. The van der Waals surface area contributed by atoms with Gasteiger partial charge in [0.2, 0.25) is 0 Å². The van der Waals surface area contributed by atoms with Gasteiger partial charge in [-0.1, -0.05) is 37.5 Å². The minimum absolute atomic E-state index is 0.132. The lowest BCUT2D eigenvalue weighted by molar-refractivity contribution is 0.0879. The van der Waals surface area contributed by atoms with Crippen LogP contribution in [-0.2, 0) is 6.42 Å². The molecule has 0 aromatic carbocycles. The average Bonchev–Trinajstić information content (AvgIpc) is 2.39.